The predicted molar refractivity (Wildman–Crippen MR) is 309 cm³/mol. The molecule has 0 aromatic rings. The van der Waals surface area contributed by atoms with Gasteiger partial charge in [0.15, 0.2) is 6.29 Å². The number of hydrogen-bond acceptors (Lipinski definition) is 8. The number of unbranched alkanes of at least 4 members (excludes halogenated alkanes) is 47. The molecule has 9 nitrogen and oxygen atoms in total. The second-order valence-electron chi connectivity index (χ2n) is 22.9. The number of aliphatic hydroxyl groups excluding tert-OH is 5. The first-order valence-corrected chi connectivity index (χ1v) is 32.4. The van der Waals surface area contributed by atoms with Gasteiger partial charge in [0.2, 0.25) is 5.91 Å². The van der Waals surface area contributed by atoms with Crippen molar-refractivity contribution in [2.75, 3.05) is 13.2 Å². The molecule has 1 rings (SSSR count). The van der Waals surface area contributed by atoms with Gasteiger partial charge in [-0.3, -0.25) is 4.79 Å². The number of aliphatic hydroxyl groups is 5. The van der Waals surface area contributed by atoms with Gasteiger partial charge in [-0.1, -0.05) is 321 Å². The molecule has 0 aliphatic carbocycles. The molecular weight excluding hydrogens is 911 g/mol. The van der Waals surface area contributed by atoms with Gasteiger partial charge in [0.1, 0.15) is 24.4 Å². The van der Waals surface area contributed by atoms with Crippen LogP contribution in [0.1, 0.15) is 335 Å². The maximum atomic E-state index is 13.1. The van der Waals surface area contributed by atoms with E-state index >= 15 is 0 Å². The van der Waals surface area contributed by atoms with E-state index < -0.39 is 49.5 Å². The second-order valence-corrected chi connectivity index (χ2v) is 22.9. The Morgan fingerprint density at radius 3 is 1.07 bits per heavy atom. The van der Waals surface area contributed by atoms with Crippen LogP contribution >= 0.6 is 0 Å². The molecule has 73 heavy (non-hydrogen) atoms. The van der Waals surface area contributed by atoms with Crippen LogP contribution in [-0.2, 0) is 14.3 Å². The van der Waals surface area contributed by atoms with E-state index in [4.69, 9.17) is 9.47 Å². The fourth-order valence-electron chi connectivity index (χ4n) is 10.8. The van der Waals surface area contributed by atoms with Crippen LogP contribution in [0.15, 0.2) is 12.2 Å². The summed E-state index contributed by atoms with van der Waals surface area (Å²) in [5.41, 5.74) is 0. The fourth-order valence-corrected chi connectivity index (χ4v) is 10.8. The van der Waals surface area contributed by atoms with Gasteiger partial charge < -0.3 is 40.3 Å². The van der Waals surface area contributed by atoms with Crippen LogP contribution in [0.2, 0.25) is 0 Å². The third-order valence-corrected chi connectivity index (χ3v) is 15.9. The number of hydrogen-bond donors (Lipinski definition) is 6. The molecule has 1 saturated heterocycles. The molecule has 0 spiro atoms. The Kier molecular flexibility index (Phi) is 52.0. The van der Waals surface area contributed by atoms with Crippen molar-refractivity contribution >= 4 is 5.91 Å². The lowest BCUT2D eigenvalue weighted by atomic mass is 9.99. The molecule has 2 unspecified atom stereocenters. The van der Waals surface area contributed by atoms with Crippen molar-refractivity contribution in [2.24, 2.45) is 0 Å². The highest BCUT2D eigenvalue weighted by Gasteiger charge is 2.44. The zero-order valence-electron chi connectivity index (χ0n) is 48.4. The Balaban J connectivity index is 2.06. The van der Waals surface area contributed by atoms with Crippen molar-refractivity contribution in [1.82, 2.24) is 5.32 Å². The smallest absolute Gasteiger partial charge is 0.220 e. The highest BCUT2D eigenvalue weighted by molar-refractivity contribution is 5.76. The van der Waals surface area contributed by atoms with Gasteiger partial charge in [0.05, 0.1) is 25.4 Å². The molecule has 0 aromatic carbocycles. The average molecular weight is 1040 g/mol. The van der Waals surface area contributed by atoms with Gasteiger partial charge in [0, 0.05) is 6.42 Å². The van der Waals surface area contributed by atoms with Gasteiger partial charge in [-0.15, -0.1) is 0 Å². The molecule has 0 radical (unpaired) electrons. The van der Waals surface area contributed by atoms with Crippen LogP contribution in [0.4, 0.5) is 0 Å². The summed E-state index contributed by atoms with van der Waals surface area (Å²) >= 11 is 0. The van der Waals surface area contributed by atoms with Crippen LogP contribution in [0.3, 0.4) is 0 Å². The second kappa shape index (κ2) is 54.3. The van der Waals surface area contributed by atoms with Crippen LogP contribution in [0.5, 0.6) is 0 Å². The standard InChI is InChI=1S/C64H125NO8/c1-3-5-7-9-11-13-15-17-19-20-21-22-23-24-25-26-27-28-29-30-31-32-33-34-35-36-37-38-40-42-44-46-48-50-52-54-60(68)65-57(56-72-64-63(71)62(70)61(69)59(55-66)73-64)58(67)53-51-49-47-45-43-41-39-18-16-14-12-10-8-6-4-2/h51,53,57-59,61-64,66-67,69-71H,3-50,52,54-56H2,1-2H3,(H,65,68)/b53-51+/t57-,58+,59+,61-,62?,63?,64+/m0/s1. The molecule has 0 bridgehead atoms. The summed E-state index contributed by atoms with van der Waals surface area (Å²) in [5.74, 6) is -0.169. The summed E-state index contributed by atoms with van der Waals surface area (Å²) in [6.07, 6.45) is 61.8. The minimum absolute atomic E-state index is 0.169. The van der Waals surface area contributed by atoms with E-state index in [2.05, 4.69) is 19.2 Å². The number of ether oxygens (including phenoxy) is 2. The van der Waals surface area contributed by atoms with Crippen molar-refractivity contribution < 1.29 is 39.8 Å². The maximum absolute atomic E-state index is 13.1. The first-order valence-electron chi connectivity index (χ1n) is 32.4. The SMILES string of the molecule is CCCCCCCCCCCCCCC/C=C/[C@@H](O)[C@H](CO[C@@H]1O[C@H](CO)[C@H](O)C(O)C1O)NC(=O)CCCCCCCCCCCCCCCCCCCCCCCCCCCCCCCCCCCCC. The van der Waals surface area contributed by atoms with E-state index in [1.165, 1.54) is 276 Å². The Morgan fingerprint density at radius 2 is 0.753 bits per heavy atom. The molecule has 434 valence electrons. The number of carbonyl (C=O) groups is 1. The minimum Gasteiger partial charge on any atom is -0.394 e. The van der Waals surface area contributed by atoms with E-state index in [1.807, 2.05) is 6.08 Å². The van der Waals surface area contributed by atoms with Crippen molar-refractivity contribution in [2.45, 2.75) is 378 Å². The van der Waals surface area contributed by atoms with Gasteiger partial charge in [-0.05, 0) is 19.3 Å². The van der Waals surface area contributed by atoms with Crippen molar-refractivity contribution in [3.63, 3.8) is 0 Å². The summed E-state index contributed by atoms with van der Waals surface area (Å²) < 4.78 is 11.3. The Morgan fingerprint density at radius 1 is 0.452 bits per heavy atom. The van der Waals surface area contributed by atoms with Crippen LogP contribution in [0.25, 0.3) is 0 Å². The molecule has 9 heteroatoms. The molecule has 1 fully saturated rings. The fraction of sp³-hybridized carbons (Fsp3) is 0.953. The Labute approximate surface area is 452 Å². The van der Waals surface area contributed by atoms with Crippen LogP contribution in [-0.4, -0.2) is 87.5 Å². The minimum atomic E-state index is -1.56. The summed E-state index contributed by atoms with van der Waals surface area (Å²) in [7, 11) is 0. The van der Waals surface area contributed by atoms with E-state index in [0.29, 0.717) is 6.42 Å². The summed E-state index contributed by atoms with van der Waals surface area (Å²) in [6.45, 7) is 3.82. The maximum Gasteiger partial charge on any atom is 0.220 e. The molecule has 7 atom stereocenters. The summed E-state index contributed by atoms with van der Waals surface area (Å²) in [5, 5.41) is 54.5. The van der Waals surface area contributed by atoms with Gasteiger partial charge in [-0.2, -0.15) is 0 Å². The molecule has 1 amide bonds. The van der Waals surface area contributed by atoms with Crippen molar-refractivity contribution in [3.8, 4) is 0 Å². The number of amides is 1. The number of carbonyl (C=O) groups excluding carboxylic acids is 1. The average Bonchev–Trinajstić information content (AvgIpc) is 3.39. The predicted octanol–water partition coefficient (Wildman–Crippen LogP) is 16.7. The Bertz CT molecular complexity index is 1150. The third-order valence-electron chi connectivity index (χ3n) is 15.9. The van der Waals surface area contributed by atoms with Crippen LogP contribution in [0, 0.1) is 0 Å². The lowest BCUT2D eigenvalue weighted by molar-refractivity contribution is -0.302. The number of allylic oxidation sites excluding steroid dienone is 1. The summed E-state index contributed by atoms with van der Waals surface area (Å²) in [6, 6.07) is -0.800. The van der Waals surface area contributed by atoms with Crippen molar-refractivity contribution in [1.29, 1.82) is 0 Å². The van der Waals surface area contributed by atoms with Crippen LogP contribution < -0.4 is 5.32 Å². The molecule has 0 aromatic heterocycles. The monoisotopic (exact) mass is 1040 g/mol. The zero-order valence-corrected chi connectivity index (χ0v) is 48.4. The van der Waals surface area contributed by atoms with E-state index in [0.717, 1.165) is 38.5 Å². The molecule has 0 saturated carbocycles. The van der Waals surface area contributed by atoms with E-state index in [-0.39, 0.29) is 12.5 Å². The van der Waals surface area contributed by atoms with Crippen molar-refractivity contribution in [3.05, 3.63) is 12.2 Å². The Hall–Kier alpha value is -1.07. The lowest BCUT2D eigenvalue weighted by Crippen LogP contribution is -2.60. The highest BCUT2D eigenvalue weighted by Crippen LogP contribution is 2.23. The van der Waals surface area contributed by atoms with Gasteiger partial charge in [-0.25, -0.2) is 0 Å². The first kappa shape index (κ1) is 69.9. The van der Waals surface area contributed by atoms with E-state index in [1.54, 1.807) is 6.08 Å². The molecule has 1 heterocycles. The molecule has 1 aliphatic rings. The quantitative estimate of drug-likeness (QED) is 0.0261. The molecule has 6 N–H and O–H groups in total. The lowest BCUT2D eigenvalue weighted by Gasteiger charge is -2.40. The summed E-state index contributed by atoms with van der Waals surface area (Å²) in [4.78, 5) is 13.1. The van der Waals surface area contributed by atoms with E-state index in [9.17, 15) is 30.3 Å². The number of rotatable bonds is 57. The molecule has 1 aliphatic heterocycles. The normalized spacial score (nSPS) is 19.0. The van der Waals surface area contributed by atoms with Gasteiger partial charge >= 0.3 is 0 Å². The topological polar surface area (TPSA) is 149 Å². The van der Waals surface area contributed by atoms with Gasteiger partial charge in [0.25, 0.3) is 0 Å². The largest absolute Gasteiger partial charge is 0.394 e. The first-order chi connectivity index (χ1) is 35.8. The molecular formula is C64H125NO8. The third kappa shape index (κ3) is 43.6. The highest BCUT2D eigenvalue weighted by atomic mass is 16.7. The zero-order chi connectivity index (χ0) is 52.9. The number of nitrogens with one attached hydrogen (secondary N) is 1.